The molecule has 110 valence electrons. The molecule has 0 aromatic heterocycles. The second kappa shape index (κ2) is 8.32. The van der Waals surface area contributed by atoms with Gasteiger partial charge in [0.2, 0.25) is 5.91 Å². The topological polar surface area (TPSA) is 38.3 Å². The normalized spacial score (nSPS) is 17.6. The fourth-order valence-corrected chi connectivity index (χ4v) is 3.25. The predicted molar refractivity (Wildman–Crippen MR) is 84.2 cm³/mol. The Hall–Kier alpha value is -1.00. The van der Waals surface area contributed by atoms with Crippen molar-refractivity contribution in [1.29, 1.82) is 0 Å². The van der Waals surface area contributed by atoms with Gasteiger partial charge in [-0.15, -0.1) is 0 Å². The number of thioether (sulfide) groups is 1. The third-order valence-corrected chi connectivity index (χ3v) is 4.76. The van der Waals surface area contributed by atoms with Gasteiger partial charge in [0.1, 0.15) is 0 Å². The summed E-state index contributed by atoms with van der Waals surface area (Å²) in [7, 11) is 0. The van der Waals surface area contributed by atoms with Crippen LogP contribution in [-0.4, -0.2) is 36.7 Å². The number of carbonyl (C=O) groups is 1. The van der Waals surface area contributed by atoms with Crippen LogP contribution in [0, 0.1) is 0 Å². The summed E-state index contributed by atoms with van der Waals surface area (Å²) in [4.78, 5) is 11.9. The Morgan fingerprint density at radius 1 is 1.35 bits per heavy atom. The first-order chi connectivity index (χ1) is 9.75. The van der Waals surface area contributed by atoms with Crippen LogP contribution in [0.3, 0.4) is 0 Å². The minimum absolute atomic E-state index is 0.155. The highest BCUT2D eigenvalue weighted by Crippen LogP contribution is 2.19. The molecule has 0 spiro atoms. The van der Waals surface area contributed by atoms with Crippen LogP contribution in [-0.2, 0) is 9.53 Å². The van der Waals surface area contributed by atoms with Gasteiger partial charge in [-0.1, -0.05) is 37.3 Å². The number of benzene rings is 1. The number of carbonyl (C=O) groups excluding carboxylic acids is 1. The second-order valence-electron chi connectivity index (χ2n) is 5.28. The molecule has 3 nitrogen and oxygen atoms in total. The Morgan fingerprint density at radius 3 is 2.75 bits per heavy atom. The van der Waals surface area contributed by atoms with Crippen LogP contribution < -0.4 is 5.32 Å². The van der Waals surface area contributed by atoms with E-state index < -0.39 is 0 Å². The zero-order valence-corrected chi connectivity index (χ0v) is 12.8. The molecule has 2 rings (SSSR count). The van der Waals surface area contributed by atoms with Crippen LogP contribution in [0.2, 0.25) is 0 Å². The van der Waals surface area contributed by atoms with Gasteiger partial charge in [0.25, 0.3) is 0 Å². The first-order valence-corrected chi connectivity index (χ1v) is 8.41. The zero-order chi connectivity index (χ0) is 14.2. The van der Waals surface area contributed by atoms with E-state index in [9.17, 15) is 4.79 Å². The lowest BCUT2D eigenvalue weighted by Crippen LogP contribution is -2.39. The number of hydrogen-bond acceptors (Lipinski definition) is 3. The molecule has 1 N–H and O–H groups in total. The van der Waals surface area contributed by atoms with Gasteiger partial charge in [-0.2, -0.15) is 11.8 Å². The number of rotatable bonds is 6. The minimum Gasteiger partial charge on any atom is -0.381 e. The first kappa shape index (κ1) is 15.4. The van der Waals surface area contributed by atoms with Crippen molar-refractivity contribution in [3.63, 3.8) is 0 Å². The fourth-order valence-electron chi connectivity index (χ4n) is 2.32. The summed E-state index contributed by atoms with van der Waals surface area (Å²) in [6, 6.07) is 10.8. The van der Waals surface area contributed by atoms with E-state index in [1.54, 1.807) is 11.8 Å². The standard InChI is InChI=1S/C16H23NO2S/c1-13(14-5-3-2-4-6-14)11-20-12-16(18)17-15-7-9-19-10-8-15/h2-6,13,15H,7-12H2,1H3,(H,17,18)/t13-/m0/s1. The van der Waals surface area contributed by atoms with E-state index >= 15 is 0 Å². The monoisotopic (exact) mass is 293 g/mol. The zero-order valence-electron chi connectivity index (χ0n) is 12.0. The summed E-state index contributed by atoms with van der Waals surface area (Å²) in [6.45, 7) is 3.74. The molecule has 0 bridgehead atoms. The largest absolute Gasteiger partial charge is 0.381 e. The van der Waals surface area contributed by atoms with Crippen LogP contribution >= 0.6 is 11.8 Å². The van der Waals surface area contributed by atoms with Crippen molar-refractivity contribution < 1.29 is 9.53 Å². The van der Waals surface area contributed by atoms with Gasteiger partial charge >= 0.3 is 0 Å². The van der Waals surface area contributed by atoms with E-state index in [2.05, 4.69) is 36.5 Å². The molecule has 0 radical (unpaired) electrons. The van der Waals surface area contributed by atoms with Gasteiger partial charge in [-0.3, -0.25) is 4.79 Å². The molecule has 1 amide bonds. The molecule has 20 heavy (non-hydrogen) atoms. The summed E-state index contributed by atoms with van der Waals surface area (Å²) in [5.74, 6) is 2.17. The summed E-state index contributed by atoms with van der Waals surface area (Å²) in [5.41, 5.74) is 1.34. The minimum atomic E-state index is 0.155. The average molecular weight is 293 g/mol. The predicted octanol–water partition coefficient (Wildman–Crippen LogP) is 2.82. The highest BCUT2D eigenvalue weighted by Gasteiger charge is 2.16. The van der Waals surface area contributed by atoms with Crippen molar-refractivity contribution >= 4 is 17.7 Å². The maximum atomic E-state index is 11.9. The van der Waals surface area contributed by atoms with E-state index in [0.717, 1.165) is 31.8 Å². The lowest BCUT2D eigenvalue weighted by molar-refractivity contribution is -0.119. The molecule has 1 aromatic carbocycles. The Morgan fingerprint density at radius 2 is 2.05 bits per heavy atom. The Labute approximate surface area is 125 Å². The molecule has 1 saturated heterocycles. The molecule has 0 saturated carbocycles. The molecule has 4 heteroatoms. The van der Waals surface area contributed by atoms with Gasteiger partial charge < -0.3 is 10.1 Å². The Balaban J connectivity index is 1.63. The molecule has 1 heterocycles. The van der Waals surface area contributed by atoms with Crippen LogP contribution in [0.25, 0.3) is 0 Å². The van der Waals surface area contributed by atoms with Crippen LogP contribution in [0.4, 0.5) is 0 Å². The van der Waals surface area contributed by atoms with Crippen molar-refractivity contribution in [3.8, 4) is 0 Å². The molecular formula is C16H23NO2S. The summed E-state index contributed by atoms with van der Waals surface area (Å²) in [5, 5.41) is 3.09. The lowest BCUT2D eigenvalue weighted by Gasteiger charge is -2.23. The summed E-state index contributed by atoms with van der Waals surface area (Å²) in [6.07, 6.45) is 1.88. The fraction of sp³-hybridized carbons (Fsp3) is 0.562. The molecule has 1 aromatic rings. The first-order valence-electron chi connectivity index (χ1n) is 7.25. The van der Waals surface area contributed by atoms with Crippen molar-refractivity contribution in [1.82, 2.24) is 5.32 Å². The third kappa shape index (κ3) is 5.17. The number of nitrogens with one attached hydrogen (secondary N) is 1. The number of amides is 1. The quantitative estimate of drug-likeness (QED) is 0.876. The third-order valence-electron chi connectivity index (χ3n) is 3.56. The van der Waals surface area contributed by atoms with Crippen molar-refractivity contribution in [2.45, 2.75) is 31.7 Å². The van der Waals surface area contributed by atoms with Gasteiger partial charge in [0.05, 0.1) is 5.75 Å². The molecule has 1 atom stereocenters. The lowest BCUT2D eigenvalue weighted by atomic mass is 10.0. The number of ether oxygens (including phenoxy) is 1. The molecule has 1 aliphatic heterocycles. The Kier molecular flexibility index (Phi) is 6.40. The van der Waals surface area contributed by atoms with E-state index in [0.29, 0.717) is 17.7 Å². The highest BCUT2D eigenvalue weighted by atomic mass is 32.2. The van der Waals surface area contributed by atoms with E-state index in [-0.39, 0.29) is 5.91 Å². The maximum absolute atomic E-state index is 11.9. The van der Waals surface area contributed by atoms with Crippen LogP contribution in [0.15, 0.2) is 30.3 Å². The molecule has 0 unspecified atom stereocenters. The second-order valence-corrected chi connectivity index (χ2v) is 6.31. The van der Waals surface area contributed by atoms with Gasteiger partial charge in [-0.05, 0) is 24.3 Å². The smallest absolute Gasteiger partial charge is 0.230 e. The molecular weight excluding hydrogens is 270 g/mol. The van der Waals surface area contributed by atoms with E-state index in [1.807, 2.05) is 6.07 Å². The summed E-state index contributed by atoms with van der Waals surface area (Å²) < 4.78 is 5.29. The van der Waals surface area contributed by atoms with E-state index in [4.69, 9.17) is 4.74 Å². The molecule has 1 aliphatic rings. The molecule has 1 fully saturated rings. The van der Waals surface area contributed by atoms with Gasteiger partial charge in [-0.25, -0.2) is 0 Å². The average Bonchev–Trinajstić information content (AvgIpc) is 2.49. The van der Waals surface area contributed by atoms with Crippen molar-refractivity contribution in [2.24, 2.45) is 0 Å². The van der Waals surface area contributed by atoms with Crippen LogP contribution in [0.1, 0.15) is 31.2 Å². The van der Waals surface area contributed by atoms with E-state index in [1.165, 1.54) is 5.56 Å². The SMILES string of the molecule is C[C@@H](CSCC(=O)NC1CCOCC1)c1ccccc1. The van der Waals surface area contributed by atoms with Gasteiger partial charge in [0.15, 0.2) is 0 Å². The highest BCUT2D eigenvalue weighted by molar-refractivity contribution is 7.99. The molecule has 0 aliphatic carbocycles. The van der Waals surface area contributed by atoms with Gasteiger partial charge in [0, 0.05) is 25.0 Å². The Bertz CT molecular complexity index is 404. The van der Waals surface area contributed by atoms with Crippen LogP contribution in [0.5, 0.6) is 0 Å². The summed E-state index contributed by atoms with van der Waals surface area (Å²) >= 11 is 1.71. The van der Waals surface area contributed by atoms with Crippen molar-refractivity contribution in [3.05, 3.63) is 35.9 Å². The maximum Gasteiger partial charge on any atom is 0.230 e. The number of hydrogen-bond donors (Lipinski definition) is 1. The van der Waals surface area contributed by atoms with Crippen molar-refractivity contribution in [2.75, 3.05) is 24.7 Å².